The van der Waals surface area contributed by atoms with E-state index in [4.69, 9.17) is 0 Å². The molecule has 2 aromatic rings. The van der Waals surface area contributed by atoms with Crippen LogP contribution in [0.4, 0.5) is 26.3 Å². The number of rotatable bonds is 2. The summed E-state index contributed by atoms with van der Waals surface area (Å²) in [5.41, 5.74) is -1.47. The highest BCUT2D eigenvalue weighted by Crippen LogP contribution is 2.75. The number of benzene rings is 1. The van der Waals surface area contributed by atoms with Gasteiger partial charge in [0.2, 0.25) is 0 Å². The van der Waals surface area contributed by atoms with Gasteiger partial charge in [0, 0.05) is 33.4 Å². The van der Waals surface area contributed by atoms with Gasteiger partial charge < -0.3 is 0 Å². The standard InChI is InChI=1S/C26H17F6NS2/c1-22-16(12-18(34-22)14-6-4-3-5-7-14)20-21(25(29,30)26(31,32)24(20,27)28)17-13-19(35-23(17,22)2)15-8-10-33-11-9-15/h3-13H,1-2H3/t22-,23-/m0/s1. The topological polar surface area (TPSA) is 12.9 Å². The lowest BCUT2D eigenvalue weighted by atomic mass is 9.71. The number of allylic oxidation sites excluding steroid dienone is 4. The third-order valence-corrected chi connectivity index (χ3v) is 10.7. The SMILES string of the molecule is C[C@]12SC(c3ccccc3)=CC1=C1C(=C3C=C(c4ccncc4)S[C@@]32C)C(F)(F)C(F)(F)C1(F)F. The van der Waals surface area contributed by atoms with Crippen LogP contribution in [-0.4, -0.2) is 32.2 Å². The Bertz CT molecular complexity index is 1290. The molecule has 6 rings (SSSR count). The maximum Gasteiger partial charge on any atom is 0.380 e. The lowest BCUT2D eigenvalue weighted by molar-refractivity contribution is -0.258. The molecule has 1 aromatic heterocycles. The molecule has 1 fully saturated rings. The van der Waals surface area contributed by atoms with Crippen LogP contribution in [0.2, 0.25) is 0 Å². The average molecular weight is 522 g/mol. The highest BCUT2D eigenvalue weighted by molar-refractivity contribution is 8.14. The monoisotopic (exact) mass is 521 g/mol. The van der Waals surface area contributed by atoms with Crippen molar-refractivity contribution < 1.29 is 26.3 Å². The molecule has 0 amide bonds. The summed E-state index contributed by atoms with van der Waals surface area (Å²) in [7, 11) is 0. The molecule has 3 heterocycles. The molecule has 1 saturated carbocycles. The minimum Gasteiger partial charge on any atom is -0.265 e. The van der Waals surface area contributed by atoms with Crippen LogP contribution >= 0.6 is 23.5 Å². The van der Waals surface area contributed by atoms with E-state index in [2.05, 4.69) is 4.98 Å². The third kappa shape index (κ3) is 2.63. The van der Waals surface area contributed by atoms with Crippen molar-refractivity contribution in [3.8, 4) is 0 Å². The number of fused-ring (bicyclic) bond motifs is 4. The Morgan fingerprint density at radius 3 is 1.51 bits per heavy atom. The Morgan fingerprint density at radius 1 is 0.629 bits per heavy atom. The van der Waals surface area contributed by atoms with Crippen LogP contribution in [0, 0.1) is 0 Å². The first-order chi connectivity index (χ1) is 16.4. The zero-order chi connectivity index (χ0) is 25.0. The second kappa shape index (κ2) is 6.88. The number of alkyl halides is 6. The molecule has 0 spiro atoms. The summed E-state index contributed by atoms with van der Waals surface area (Å²) in [4.78, 5) is 5.08. The van der Waals surface area contributed by atoms with E-state index in [1.165, 1.54) is 48.1 Å². The van der Waals surface area contributed by atoms with E-state index >= 15 is 17.6 Å². The fourth-order valence-electron chi connectivity index (χ4n) is 5.31. The van der Waals surface area contributed by atoms with Crippen LogP contribution in [0.25, 0.3) is 9.81 Å². The predicted octanol–water partition coefficient (Wildman–Crippen LogP) is 8.00. The minimum atomic E-state index is -5.55. The van der Waals surface area contributed by atoms with Crippen LogP contribution in [0.15, 0.2) is 89.3 Å². The molecule has 0 unspecified atom stereocenters. The Morgan fingerprint density at radius 2 is 1.06 bits per heavy atom. The van der Waals surface area contributed by atoms with Gasteiger partial charge in [-0.05, 0) is 60.4 Å². The zero-order valence-electron chi connectivity index (χ0n) is 18.4. The second-order valence-corrected chi connectivity index (χ2v) is 12.1. The van der Waals surface area contributed by atoms with Gasteiger partial charge >= 0.3 is 17.8 Å². The molecule has 4 aliphatic rings. The largest absolute Gasteiger partial charge is 0.380 e. The van der Waals surface area contributed by atoms with E-state index in [9.17, 15) is 8.78 Å². The van der Waals surface area contributed by atoms with Crippen molar-refractivity contribution in [3.63, 3.8) is 0 Å². The third-order valence-electron chi connectivity index (χ3n) is 7.35. The molecule has 2 aliphatic heterocycles. The van der Waals surface area contributed by atoms with Crippen LogP contribution in [0.5, 0.6) is 0 Å². The zero-order valence-corrected chi connectivity index (χ0v) is 20.0. The van der Waals surface area contributed by atoms with Gasteiger partial charge in [0.05, 0.1) is 9.49 Å². The molecular weight excluding hydrogens is 504 g/mol. The van der Waals surface area contributed by atoms with E-state index in [1.54, 1.807) is 56.3 Å². The second-order valence-electron chi connectivity index (χ2n) is 9.19. The van der Waals surface area contributed by atoms with Gasteiger partial charge in [0.25, 0.3) is 0 Å². The number of thioether (sulfide) groups is 2. The Kier molecular flexibility index (Phi) is 4.53. The molecule has 2 atom stereocenters. The van der Waals surface area contributed by atoms with Gasteiger partial charge in [-0.3, -0.25) is 4.98 Å². The van der Waals surface area contributed by atoms with Crippen LogP contribution < -0.4 is 0 Å². The highest BCUT2D eigenvalue weighted by atomic mass is 32.2. The number of hydrogen-bond acceptors (Lipinski definition) is 3. The minimum absolute atomic E-state index is 0.165. The summed E-state index contributed by atoms with van der Waals surface area (Å²) in [5.74, 6) is -15.6. The normalized spacial score (nSPS) is 31.7. The molecule has 0 bridgehead atoms. The van der Waals surface area contributed by atoms with Crippen LogP contribution in [-0.2, 0) is 0 Å². The Balaban J connectivity index is 1.68. The summed E-state index contributed by atoms with van der Waals surface area (Å²) in [6.45, 7) is 3.37. The van der Waals surface area contributed by atoms with Crippen molar-refractivity contribution in [1.82, 2.24) is 4.98 Å². The predicted molar refractivity (Wildman–Crippen MR) is 128 cm³/mol. The Hall–Kier alpha value is -2.39. The summed E-state index contributed by atoms with van der Waals surface area (Å²) >= 11 is 2.49. The van der Waals surface area contributed by atoms with Gasteiger partial charge in [-0.1, -0.05) is 30.3 Å². The Labute approximate surface area is 206 Å². The number of nitrogens with zero attached hydrogens (tertiary/aromatic N) is 1. The molecular formula is C26H17F6NS2. The molecule has 2 aliphatic carbocycles. The first-order valence-electron chi connectivity index (χ1n) is 10.8. The quantitative estimate of drug-likeness (QED) is 0.372. The van der Waals surface area contributed by atoms with E-state index < -0.39 is 38.4 Å². The number of pyridine rings is 1. The summed E-state index contributed by atoms with van der Waals surface area (Å²) in [6.07, 6.45) is 5.83. The van der Waals surface area contributed by atoms with E-state index in [0.717, 1.165) is 0 Å². The maximum absolute atomic E-state index is 15.3. The molecule has 1 nitrogen and oxygen atoms in total. The fraction of sp³-hybridized carbons (Fsp3) is 0.269. The molecule has 0 radical (unpaired) electrons. The molecule has 180 valence electrons. The number of halogens is 6. The molecule has 0 saturated heterocycles. The summed E-state index contributed by atoms with van der Waals surface area (Å²) in [5, 5.41) is 0. The van der Waals surface area contributed by atoms with E-state index in [-0.39, 0.29) is 11.1 Å². The fourth-order valence-corrected chi connectivity index (χ4v) is 8.45. The highest BCUT2D eigenvalue weighted by Gasteiger charge is 2.84. The average Bonchev–Trinajstić information content (AvgIpc) is 3.40. The van der Waals surface area contributed by atoms with E-state index in [1.807, 2.05) is 0 Å². The molecule has 1 aromatic carbocycles. The lowest BCUT2D eigenvalue weighted by Gasteiger charge is -2.47. The molecule has 0 N–H and O–H groups in total. The van der Waals surface area contributed by atoms with Crippen LogP contribution in [0.3, 0.4) is 0 Å². The smallest absolute Gasteiger partial charge is 0.265 e. The number of hydrogen-bond donors (Lipinski definition) is 0. The summed E-state index contributed by atoms with van der Waals surface area (Å²) < 4.78 is 88.3. The van der Waals surface area contributed by atoms with Crippen molar-refractivity contribution in [2.75, 3.05) is 0 Å². The van der Waals surface area contributed by atoms with Gasteiger partial charge in [-0.25, -0.2) is 0 Å². The van der Waals surface area contributed by atoms with Crippen LogP contribution in [0.1, 0.15) is 25.0 Å². The van der Waals surface area contributed by atoms with Crippen molar-refractivity contribution in [1.29, 1.82) is 0 Å². The van der Waals surface area contributed by atoms with Crippen molar-refractivity contribution in [3.05, 3.63) is 100 Å². The first kappa shape index (κ1) is 23.0. The first-order valence-corrected chi connectivity index (χ1v) is 12.4. The van der Waals surface area contributed by atoms with Crippen molar-refractivity contribution in [2.24, 2.45) is 0 Å². The van der Waals surface area contributed by atoms with Crippen molar-refractivity contribution in [2.45, 2.75) is 41.1 Å². The van der Waals surface area contributed by atoms with Gasteiger partial charge in [0.1, 0.15) is 0 Å². The maximum atomic E-state index is 15.3. The van der Waals surface area contributed by atoms with Gasteiger partial charge in [-0.2, -0.15) is 26.3 Å². The number of aromatic nitrogens is 1. The molecule has 9 heteroatoms. The molecule has 35 heavy (non-hydrogen) atoms. The lowest BCUT2D eigenvalue weighted by Crippen LogP contribution is -2.48. The van der Waals surface area contributed by atoms with Crippen molar-refractivity contribution >= 4 is 33.3 Å². The van der Waals surface area contributed by atoms with Gasteiger partial charge in [-0.15, -0.1) is 23.5 Å². The van der Waals surface area contributed by atoms with E-state index in [0.29, 0.717) is 20.9 Å². The summed E-state index contributed by atoms with van der Waals surface area (Å²) in [6, 6.07) is 12.2. The van der Waals surface area contributed by atoms with Gasteiger partial charge in [0.15, 0.2) is 0 Å².